The number of anilines is 1. The highest BCUT2D eigenvalue weighted by Gasteiger charge is 2.19. The highest BCUT2D eigenvalue weighted by molar-refractivity contribution is 5.64. The SMILES string of the molecule is Cc1ccc(N(CCN)Cc2ccccc2)c([N+](=O)[O-])c1. The van der Waals surface area contributed by atoms with Crippen LogP contribution in [0.2, 0.25) is 0 Å². The van der Waals surface area contributed by atoms with Gasteiger partial charge in [-0.15, -0.1) is 0 Å². The molecule has 0 atom stereocenters. The Morgan fingerprint density at radius 2 is 1.90 bits per heavy atom. The fourth-order valence-corrected chi connectivity index (χ4v) is 2.29. The number of benzene rings is 2. The number of nitrogens with zero attached hydrogens (tertiary/aromatic N) is 2. The predicted octanol–water partition coefficient (Wildman–Crippen LogP) is 2.87. The van der Waals surface area contributed by atoms with E-state index in [4.69, 9.17) is 5.73 Å². The Bertz CT molecular complexity index is 614. The van der Waals surface area contributed by atoms with E-state index in [9.17, 15) is 10.1 Å². The largest absolute Gasteiger partial charge is 0.360 e. The minimum atomic E-state index is -0.336. The summed E-state index contributed by atoms with van der Waals surface area (Å²) in [5, 5.41) is 11.3. The predicted molar refractivity (Wildman–Crippen MR) is 84.4 cm³/mol. The Labute approximate surface area is 124 Å². The van der Waals surface area contributed by atoms with E-state index in [2.05, 4.69) is 0 Å². The van der Waals surface area contributed by atoms with E-state index in [1.54, 1.807) is 12.1 Å². The van der Waals surface area contributed by atoms with Crippen molar-refractivity contribution < 1.29 is 4.92 Å². The number of rotatable bonds is 6. The zero-order valence-electron chi connectivity index (χ0n) is 12.0. The molecule has 5 nitrogen and oxygen atoms in total. The van der Waals surface area contributed by atoms with Gasteiger partial charge in [0.15, 0.2) is 0 Å². The Morgan fingerprint density at radius 3 is 2.52 bits per heavy atom. The number of nitro groups is 1. The Hall–Kier alpha value is -2.40. The van der Waals surface area contributed by atoms with Crippen LogP contribution in [0.5, 0.6) is 0 Å². The van der Waals surface area contributed by atoms with Crippen molar-refractivity contribution in [3.05, 3.63) is 69.8 Å². The van der Waals surface area contributed by atoms with Crippen molar-refractivity contribution in [2.45, 2.75) is 13.5 Å². The van der Waals surface area contributed by atoms with Gasteiger partial charge < -0.3 is 10.6 Å². The van der Waals surface area contributed by atoms with Crippen LogP contribution in [0.4, 0.5) is 11.4 Å². The monoisotopic (exact) mass is 285 g/mol. The summed E-state index contributed by atoms with van der Waals surface area (Å²) in [5.74, 6) is 0. The lowest BCUT2D eigenvalue weighted by Crippen LogP contribution is -2.29. The molecule has 21 heavy (non-hydrogen) atoms. The first-order valence-electron chi connectivity index (χ1n) is 6.86. The molecule has 0 fully saturated rings. The Morgan fingerprint density at radius 1 is 1.19 bits per heavy atom. The van der Waals surface area contributed by atoms with E-state index in [-0.39, 0.29) is 10.6 Å². The highest BCUT2D eigenvalue weighted by atomic mass is 16.6. The molecule has 0 aliphatic rings. The van der Waals surface area contributed by atoms with Gasteiger partial charge in [0, 0.05) is 25.7 Å². The van der Waals surface area contributed by atoms with Crippen LogP contribution in [-0.4, -0.2) is 18.0 Å². The zero-order chi connectivity index (χ0) is 15.2. The Balaban J connectivity index is 2.36. The summed E-state index contributed by atoms with van der Waals surface area (Å²) >= 11 is 0. The first kappa shape index (κ1) is 15.0. The number of aryl methyl sites for hydroxylation is 1. The van der Waals surface area contributed by atoms with E-state index < -0.39 is 0 Å². The van der Waals surface area contributed by atoms with Crippen molar-refractivity contribution in [1.82, 2.24) is 0 Å². The van der Waals surface area contributed by atoms with Crippen LogP contribution in [0.3, 0.4) is 0 Å². The molecular weight excluding hydrogens is 266 g/mol. The average Bonchev–Trinajstić information content (AvgIpc) is 2.48. The maximum atomic E-state index is 11.3. The third kappa shape index (κ3) is 3.79. The summed E-state index contributed by atoms with van der Waals surface area (Å²) in [6, 6.07) is 15.2. The molecule has 0 saturated heterocycles. The van der Waals surface area contributed by atoms with Crippen LogP contribution in [0.15, 0.2) is 48.5 Å². The molecule has 110 valence electrons. The molecule has 2 aromatic rings. The van der Waals surface area contributed by atoms with Gasteiger partial charge in [-0.1, -0.05) is 36.4 Å². The fraction of sp³-hybridized carbons (Fsp3) is 0.250. The summed E-state index contributed by atoms with van der Waals surface area (Å²) in [4.78, 5) is 12.9. The molecule has 2 N–H and O–H groups in total. The molecule has 0 radical (unpaired) electrons. The zero-order valence-corrected chi connectivity index (χ0v) is 12.0. The molecule has 0 spiro atoms. The quantitative estimate of drug-likeness (QED) is 0.654. The first-order valence-corrected chi connectivity index (χ1v) is 6.86. The van der Waals surface area contributed by atoms with E-state index in [0.29, 0.717) is 25.3 Å². The van der Waals surface area contributed by atoms with Crippen molar-refractivity contribution in [3.63, 3.8) is 0 Å². The summed E-state index contributed by atoms with van der Waals surface area (Å²) < 4.78 is 0. The van der Waals surface area contributed by atoms with Gasteiger partial charge in [0.1, 0.15) is 5.69 Å². The smallest absolute Gasteiger partial charge is 0.292 e. The minimum Gasteiger partial charge on any atom is -0.360 e. The normalized spacial score (nSPS) is 10.4. The fourth-order valence-electron chi connectivity index (χ4n) is 2.29. The molecule has 0 amide bonds. The molecule has 2 rings (SSSR count). The summed E-state index contributed by atoms with van der Waals surface area (Å²) in [5.41, 5.74) is 8.37. The topological polar surface area (TPSA) is 72.4 Å². The molecule has 0 bridgehead atoms. The van der Waals surface area contributed by atoms with Crippen LogP contribution in [0.1, 0.15) is 11.1 Å². The van der Waals surface area contributed by atoms with Gasteiger partial charge in [-0.2, -0.15) is 0 Å². The number of nitro benzene ring substituents is 1. The first-order chi connectivity index (χ1) is 10.1. The van der Waals surface area contributed by atoms with E-state index in [1.807, 2.05) is 48.2 Å². The third-order valence-electron chi connectivity index (χ3n) is 3.28. The second-order valence-electron chi connectivity index (χ2n) is 4.95. The van der Waals surface area contributed by atoms with Crippen molar-refractivity contribution in [2.75, 3.05) is 18.0 Å². The summed E-state index contributed by atoms with van der Waals surface area (Å²) in [7, 11) is 0. The number of nitrogens with two attached hydrogens (primary N) is 1. The van der Waals surface area contributed by atoms with Gasteiger partial charge in [0.2, 0.25) is 0 Å². The third-order valence-corrected chi connectivity index (χ3v) is 3.28. The molecule has 0 heterocycles. The van der Waals surface area contributed by atoms with Crippen LogP contribution < -0.4 is 10.6 Å². The van der Waals surface area contributed by atoms with Crippen LogP contribution >= 0.6 is 0 Å². The van der Waals surface area contributed by atoms with Crippen LogP contribution in [0.25, 0.3) is 0 Å². The van der Waals surface area contributed by atoms with E-state index in [0.717, 1.165) is 11.1 Å². The average molecular weight is 285 g/mol. The minimum absolute atomic E-state index is 0.124. The van der Waals surface area contributed by atoms with E-state index >= 15 is 0 Å². The molecule has 0 aliphatic carbocycles. The molecule has 0 aliphatic heterocycles. The lowest BCUT2D eigenvalue weighted by Gasteiger charge is -2.24. The van der Waals surface area contributed by atoms with Crippen molar-refractivity contribution in [2.24, 2.45) is 5.73 Å². The van der Waals surface area contributed by atoms with Gasteiger partial charge >= 0.3 is 0 Å². The highest BCUT2D eigenvalue weighted by Crippen LogP contribution is 2.30. The summed E-state index contributed by atoms with van der Waals surface area (Å²) in [6.07, 6.45) is 0. The van der Waals surface area contributed by atoms with Gasteiger partial charge in [-0.3, -0.25) is 10.1 Å². The van der Waals surface area contributed by atoms with Gasteiger partial charge in [0.05, 0.1) is 4.92 Å². The lowest BCUT2D eigenvalue weighted by atomic mass is 10.1. The van der Waals surface area contributed by atoms with Gasteiger partial charge in [-0.05, 0) is 24.1 Å². The molecule has 0 aromatic heterocycles. The molecule has 5 heteroatoms. The lowest BCUT2D eigenvalue weighted by molar-refractivity contribution is -0.384. The maximum absolute atomic E-state index is 11.3. The second kappa shape index (κ2) is 6.85. The van der Waals surface area contributed by atoms with Gasteiger partial charge in [0.25, 0.3) is 5.69 Å². The maximum Gasteiger partial charge on any atom is 0.292 e. The number of hydrogen-bond donors (Lipinski definition) is 1. The second-order valence-corrected chi connectivity index (χ2v) is 4.95. The van der Waals surface area contributed by atoms with Crippen molar-refractivity contribution in [1.29, 1.82) is 0 Å². The van der Waals surface area contributed by atoms with Crippen molar-refractivity contribution in [3.8, 4) is 0 Å². The molecule has 0 saturated carbocycles. The van der Waals surface area contributed by atoms with Crippen LogP contribution in [0, 0.1) is 17.0 Å². The standard InChI is InChI=1S/C16H19N3O2/c1-13-7-8-15(16(11-13)19(20)21)18(10-9-17)12-14-5-3-2-4-6-14/h2-8,11H,9-10,12,17H2,1H3. The molecular formula is C16H19N3O2. The number of hydrogen-bond acceptors (Lipinski definition) is 4. The van der Waals surface area contributed by atoms with Crippen molar-refractivity contribution >= 4 is 11.4 Å². The molecule has 2 aromatic carbocycles. The summed E-state index contributed by atoms with van der Waals surface area (Å²) in [6.45, 7) is 3.46. The van der Waals surface area contributed by atoms with E-state index in [1.165, 1.54) is 0 Å². The molecule has 0 unspecified atom stereocenters. The van der Waals surface area contributed by atoms with Gasteiger partial charge in [-0.25, -0.2) is 0 Å². The van der Waals surface area contributed by atoms with Crippen LogP contribution in [-0.2, 0) is 6.54 Å². The Kier molecular flexibility index (Phi) is 4.90.